The minimum Gasteiger partial charge on any atom is -0.315 e. The fraction of sp³-hybridized carbons (Fsp3) is 1.00. The monoisotopic (exact) mass is 253 g/mol. The molecular weight excluding hydrogens is 222 g/mol. The van der Waals surface area contributed by atoms with Gasteiger partial charge in [0.25, 0.3) is 0 Å². The number of nitrogens with one attached hydrogen (secondary N) is 1. The van der Waals surface area contributed by atoms with E-state index in [1.165, 1.54) is 71.2 Å². The molecule has 2 saturated heterocycles. The van der Waals surface area contributed by atoms with Crippen molar-refractivity contribution in [3.05, 3.63) is 0 Å². The fourth-order valence-electron chi connectivity index (χ4n) is 3.59. The number of likely N-dealkylation sites (tertiary alicyclic amines) is 1. The summed E-state index contributed by atoms with van der Waals surface area (Å²) in [7, 11) is 2.27. The minimum absolute atomic E-state index is 0.798. The van der Waals surface area contributed by atoms with Gasteiger partial charge in [-0.3, -0.25) is 4.90 Å². The lowest BCUT2D eigenvalue weighted by molar-refractivity contribution is 0.102. The molecule has 106 valence electrons. The molecule has 0 aromatic heterocycles. The Hall–Kier alpha value is -0.120. The normalized spacial score (nSPS) is 31.5. The maximum absolute atomic E-state index is 3.59. The zero-order valence-corrected chi connectivity index (χ0v) is 12.3. The van der Waals surface area contributed by atoms with Crippen LogP contribution in [0, 0.1) is 0 Å². The Morgan fingerprint density at radius 3 is 2.67 bits per heavy atom. The highest BCUT2D eigenvalue weighted by Gasteiger charge is 2.27. The molecule has 0 amide bonds. The number of hydrogen-bond donors (Lipinski definition) is 1. The first-order valence-electron chi connectivity index (χ1n) is 7.96. The molecule has 2 aliphatic rings. The molecule has 2 fully saturated rings. The van der Waals surface area contributed by atoms with Gasteiger partial charge in [0.2, 0.25) is 0 Å². The van der Waals surface area contributed by atoms with Crippen LogP contribution in [0.3, 0.4) is 0 Å². The molecule has 1 N–H and O–H groups in total. The maximum atomic E-state index is 3.59. The molecule has 2 heterocycles. The predicted molar refractivity (Wildman–Crippen MR) is 78.0 cm³/mol. The molecule has 18 heavy (non-hydrogen) atoms. The van der Waals surface area contributed by atoms with E-state index < -0.39 is 0 Å². The van der Waals surface area contributed by atoms with Crippen LogP contribution in [-0.2, 0) is 0 Å². The molecule has 2 atom stereocenters. The number of hydrogen-bond acceptors (Lipinski definition) is 3. The van der Waals surface area contributed by atoms with Gasteiger partial charge in [-0.05, 0) is 71.8 Å². The fourth-order valence-corrected chi connectivity index (χ4v) is 3.59. The zero-order valence-electron chi connectivity index (χ0n) is 12.3. The topological polar surface area (TPSA) is 18.5 Å². The van der Waals surface area contributed by atoms with Crippen LogP contribution in [0.4, 0.5) is 0 Å². The lowest BCUT2D eigenvalue weighted by atomic mass is 9.99. The lowest BCUT2D eigenvalue weighted by Gasteiger charge is -2.40. The number of piperidine rings is 1. The van der Waals surface area contributed by atoms with E-state index in [-0.39, 0.29) is 0 Å². The van der Waals surface area contributed by atoms with Gasteiger partial charge in [0.15, 0.2) is 0 Å². The zero-order chi connectivity index (χ0) is 12.8. The Kier molecular flexibility index (Phi) is 5.93. The molecule has 0 aromatic rings. The van der Waals surface area contributed by atoms with E-state index in [4.69, 9.17) is 0 Å². The van der Waals surface area contributed by atoms with Crippen LogP contribution in [-0.4, -0.2) is 61.7 Å². The molecule has 0 bridgehead atoms. The van der Waals surface area contributed by atoms with Crippen molar-refractivity contribution in [2.75, 3.05) is 39.8 Å². The minimum atomic E-state index is 0.798. The molecular formula is C15H31N3. The molecule has 0 saturated carbocycles. The summed E-state index contributed by atoms with van der Waals surface area (Å²) in [5, 5.41) is 3.59. The second-order valence-corrected chi connectivity index (χ2v) is 6.13. The first kappa shape index (κ1) is 14.3. The van der Waals surface area contributed by atoms with Crippen molar-refractivity contribution in [1.82, 2.24) is 15.1 Å². The highest BCUT2D eigenvalue weighted by molar-refractivity contribution is 4.85. The highest BCUT2D eigenvalue weighted by Crippen LogP contribution is 2.22. The van der Waals surface area contributed by atoms with Gasteiger partial charge >= 0.3 is 0 Å². The Morgan fingerprint density at radius 2 is 1.94 bits per heavy atom. The lowest BCUT2D eigenvalue weighted by Crippen LogP contribution is -2.51. The molecule has 0 radical (unpaired) electrons. The van der Waals surface area contributed by atoms with E-state index >= 15 is 0 Å². The third kappa shape index (κ3) is 3.94. The van der Waals surface area contributed by atoms with Crippen LogP contribution in [0.15, 0.2) is 0 Å². The average molecular weight is 253 g/mol. The third-order valence-electron chi connectivity index (χ3n) is 4.61. The second-order valence-electron chi connectivity index (χ2n) is 6.13. The van der Waals surface area contributed by atoms with Crippen LogP contribution < -0.4 is 5.32 Å². The van der Waals surface area contributed by atoms with E-state index in [0.717, 1.165) is 12.1 Å². The van der Waals surface area contributed by atoms with Gasteiger partial charge in [-0.2, -0.15) is 0 Å². The highest BCUT2D eigenvalue weighted by atomic mass is 15.2. The van der Waals surface area contributed by atoms with Gasteiger partial charge in [0.1, 0.15) is 0 Å². The second kappa shape index (κ2) is 7.46. The third-order valence-corrected chi connectivity index (χ3v) is 4.61. The van der Waals surface area contributed by atoms with Crippen LogP contribution in [0.1, 0.15) is 45.4 Å². The van der Waals surface area contributed by atoms with Crippen molar-refractivity contribution >= 4 is 0 Å². The first-order chi connectivity index (χ1) is 8.81. The Balaban J connectivity index is 1.94. The summed E-state index contributed by atoms with van der Waals surface area (Å²) in [6.45, 7) is 8.63. The van der Waals surface area contributed by atoms with Gasteiger partial charge in [-0.1, -0.05) is 6.92 Å². The van der Waals surface area contributed by atoms with Gasteiger partial charge in [-0.25, -0.2) is 0 Å². The summed E-state index contributed by atoms with van der Waals surface area (Å²) in [5.41, 5.74) is 0. The summed E-state index contributed by atoms with van der Waals surface area (Å²) < 4.78 is 0. The standard InChI is InChI=1S/C15H31N3/c1-3-10-18(15-6-4-9-16-13-15)14-7-5-11-17(2)12-8-14/h14-16H,3-13H2,1-2H3. The van der Waals surface area contributed by atoms with Crippen LogP contribution in [0.25, 0.3) is 0 Å². The molecule has 0 aliphatic carbocycles. The van der Waals surface area contributed by atoms with Crippen molar-refractivity contribution in [2.45, 2.75) is 57.5 Å². The summed E-state index contributed by atoms with van der Waals surface area (Å²) >= 11 is 0. The van der Waals surface area contributed by atoms with Crippen molar-refractivity contribution in [3.8, 4) is 0 Å². The summed E-state index contributed by atoms with van der Waals surface area (Å²) in [5.74, 6) is 0. The number of nitrogens with zero attached hydrogens (tertiary/aromatic N) is 2. The Bertz CT molecular complexity index is 226. The van der Waals surface area contributed by atoms with Crippen LogP contribution in [0.2, 0.25) is 0 Å². The summed E-state index contributed by atoms with van der Waals surface area (Å²) in [6.07, 6.45) is 8.20. The van der Waals surface area contributed by atoms with E-state index in [0.29, 0.717) is 0 Å². The van der Waals surface area contributed by atoms with Crippen LogP contribution in [0.5, 0.6) is 0 Å². The quantitative estimate of drug-likeness (QED) is 0.826. The van der Waals surface area contributed by atoms with Crippen molar-refractivity contribution in [3.63, 3.8) is 0 Å². The van der Waals surface area contributed by atoms with Gasteiger partial charge in [-0.15, -0.1) is 0 Å². The predicted octanol–water partition coefficient (Wildman–Crippen LogP) is 1.93. The van der Waals surface area contributed by atoms with E-state index in [1.807, 2.05) is 0 Å². The van der Waals surface area contributed by atoms with Gasteiger partial charge in [0.05, 0.1) is 0 Å². The summed E-state index contributed by atoms with van der Waals surface area (Å²) in [6, 6.07) is 1.63. The molecule has 2 aliphatic heterocycles. The van der Waals surface area contributed by atoms with Crippen LogP contribution >= 0.6 is 0 Å². The summed E-state index contributed by atoms with van der Waals surface area (Å²) in [4.78, 5) is 5.34. The molecule has 2 unspecified atom stereocenters. The molecule has 0 spiro atoms. The smallest absolute Gasteiger partial charge is 0.0224 e. The van der Waals surface area contributed by atoms with Crippen molar-refractivity contribution < 1.29 is 0 Å². The van der Waals surface area contributed by atoms with E-state index in [1.54, 1.807) is 0 Å². The van der Waals surface area contributed by atoms with E-state index in [2.05, 4.69) is 29.1 Å². The van der Waals surface area contributed by atoms with Gasteiger partial charge < -0.3 is 10.2 Å². The van der Waals surface area contributed by atoms with Crippen molar-refractivity contribution in [1.29, 1.82) is 0 Å². The molecule has 0 aromatic carbocycles. The number of rotatable bonds is 4. The molecule has 2 rings (SSSR count). The first-order valence-corrected chi connectivity index (χ1v) is 7.96. The SMILES string of the molecule is CCCN(C1CCCN(C)CC1)C1CCCNC1. The Labute approximate surface area is 113 Å². The average Bonchev–Trinajstić information content (AvgIpc) is 2.62. The largest absolute Gasteiger partial charge is 0.315 e. The Morgan fingerprint density at radius 1 is 1.11 bits per heavy atom. The van der Waals surface area contributed by atoms with E-state index in [9.17, 15) is 0 Å². The maximum Gasteiger partial charge on any atom is 0.0224 e. The van der Waals surface area contributed by atoms with Gasteiger partial charge in [0, 0.05) is 18.6 Å². The molecule has 3 nitrogen and oxygen atoms in total. The molecule has 3 heteroatoms. The van der Waals surface area contributed by atoms with Crippen molar-refractivity contribution in [2.24, 2.45) is 0 Å².